The van der Waals surface area contributed by atoms with E-state index in [0.29, 0.717) is 28.6 Å². The highest BCUT2D eigenvalue weighted by atomic mass is 16.5. The van der Waals surface area contributed by atoms with E-state index < -0.39 is 0 Å². The van der Waals surface area contributed by atoms with Crippen molar-refractivity contribution in [3.05, 3.63) is 47.7 Å². The minimum atomic E-state index is -0.277. The van der Waals surface area contributed by atoms with E-state index in [9.17, 15) is 4.79 Å². The van der Waals surface area contributed by atoms with Crippen molar-refractivity contribution in [2.45, 2.75) is 20.3 Å². The Morgan fingerprint density at radius 1 is 1.12 bits per heavy atom. The number of hydrogen-bond donors (Lipinski definition) is 2. The molecule has 2 N–H and O–H groups in total. The number of aromatic nitrogens is 5. The van der Waals surface area contributed by atoms with Gasteiger partial charge in [0.05, 0.1) is 30.3 Å². The van der Waals surface area contributed by atoms with Gasteiger partial charge in [0.15, 0.2) is 11.5 Å². The fraction of sp³-hybridized carbons (Fsp3) is 0.364. The molecular weight excluding hydrogens is 408 g/mol. The standard InChI is InChI=1S/C22H26N8O2/c1-4-15-12-30-18(28-9-7-23-8-10-28)6-5-16(19(30)25-15)21(31)26-17-13-29-11-14(2)24-20(29)22(27-17)32-3/h5-6,11-13,23H,4,7-10H2,1-3H3,(H,26,31). The monoisotopic (exact) mass is 434 g/mol. The van der Waals surface area contributed by atoms with Gasteiger partial charge >= 0.3 is 0 Å². The first-order chi connectivity index (χ1) is 15.6. The Bertz CT molecular complexity index is 1300. The molecule has 4 aromatic rings. The maximum atomic E-state index is 13.3. The van der Waals surface area contributed by atoms with Crippen molar-refractivity contribution in [3.8, 4) is 5.88 Å². The molecule has 0 radical (unpaired) electrons. The van der Waals surface area contributed by atoms with E-state index >= 15 is 0 Å². The van der Waals surface area contributed by atoms with Gasteiger partial charge < -0.3 is 20.3 Å². The molecule has 1 aliphatic rings. The maximum absolute atomic E-state index is 13.3. The average molecular weight is 435 g/mol. The Morgan fingerprint density at radius 3 is 2.69 bits per heavy atom. The lowest BCUT2D eigenvalue weighted by atomic mass is 10.2. The summed E-state index contributed by atoms with van der Waals surface area (Å²) in [5.41, 5.74) is 3.51. The highest BCUT2D eigenvalue weighted by molar-refractivity contribution is 6.08. The van der Waals surface area contributed by atoms with Crippen molar-refractivity contribution in [2.75, 3.05) is 43.5 Å². The number of aryl methyl sites for hydroxylation is 2. The average Bonchev–Trinajstić information content (AvgIpc) is 3.41. The molecule has 1 saturated heterocycles. The van der Waals surface area contributed by atoms with Gasteiger partial charge in [-0.1, -0.05) is 6.92 Å². The van der Waals surface area contributed by atoms with E-state index in [1.807, 2.05) is 35.9 Å². The number of piperazine rings is 1. The second kappa shape index (κ2) is 8.12. The third-order valence-corrected chi connectivity index (χ3v) is 5.65. The van der Waals surface area contributed by atoms with Gasteiger partial charge in [-0.05, 0) is 25.5 Å². The number of nitrogens with one attached hydrogen (secondary N) is 2. The van der Waals surface area contributed by atoms with Gasteiger partial charge in [-0.15, -0.1) is 0 Å². The van der Waals surface area contributed by atoms with Crippen LogP contribution in [-0.2, 0) is 6.42 Å². The molecule has 0 aliphatic carbocycles. The van der Waals surface area contributed by atoms with E-state index in [2.05, 4.69) is 32.4 Å². The summed E-state index contributed by atoms with van der Waals surface area (Å²) in [4.78, 5) is 29.1. The lowest BCUT2D eigenvalue weighted by Gasteiger charge is -2.30. The Labute approximate surface area is 185 Å². The SMILES string of the molecule is CCc1cn2c(N3CCNCC3)ccc(C(=O)Nc3cn4cc(C)nc4c(OC)n3)c2n1. The zero-order valence-corrected chi connectivity index (χ0v) is 18.4. The molecule has 5 rings (SSSR count). The zero-order chi connectivity index (χ0) is 22.2. The van der Waals surface area contributed by atoms with Crippen molar-refractivity contribution in [3.63, 3.8) is 0 Å². The molecule has 0 atom stereocenters. The molecule has 4 aromatic heterocycles. The molecule has 10 nitrogen and oxygen atoms in total. The van der Waals surface area contributed by atoms with Gasteiger partial charge in [-0.3, -0.25) is 13.6 Å². The van der Waals surface area contributed by atoms with Gasteiger partial charge in [0.25, 0.3) is 11.8 Å². The Hall–Kier alpha value is -3.66. The topological polar surface area (TPSA) is 101 Å². The van der Waals surface area contributed by atoms with E-state index in [0.717, 1.165) is 49.8 Å². The van der Waals surface area contributed by atoms with Crippen LogP contribution in [0.15, 0.2) is 30.7 Å². The molecule has 1 aliphatic heterocycles. The Kier molecular flexibility index (Phi) is 5.14. The number of fused-ring (bicyclic) bond motifs is 2. The van der Waals surface area contributed by atoms with Gasteiger partial charge in [0, 0.05) is 38.6 Å². The number of ether oxygens (including phenoxy) is 1. The smallest absolute Gasteiger partial charge is 0.260 e. The predicted molar refractivity (Wildman–Crippen MR) is 122 cm³/mol. The number of amides is 1. The molecule has 32 heavy (non-hydrogen) atoms. The van der Waals surface area contributed by atoms with E-state index in [4.69, 9.17) is 9.72 Å². The number of carbonyl (C=O) groups is 1. The summed E-state index contributed by atoms with van der Waals surface area (Å²) in [5.74, 6) is 1.49. The zero-order valence-electron chi connectivity index (χ0n) is 18.4. The predicted octanol–water partition coefficient (Wildman–Crippen LogP) is 1.92. The molecule has 166 valence electrons. The van der Waals surface area contributed by atoms with Crippen LogP contribution >= 0.6 is 0 Å². The number of imidazole rings is 2. The number of nitrogens with zero attached hydrogens (tertiary/aromatic N) is 6. The van der Waals surface area contributed by atoms with Crippen LogP contribution in [0.4, 0.5) is 11.6 Å². The summed E-state index contributed by atoms with van der Waals surface area (Å²) in [7, 11) is 1.53. The Morgan fingerprint density at radius 2 is 1.94 bits per heavy atom. The first-order valence-electron chi connectivity index (χ1n) is 10.8. The van der Waals surface area contributed by atoms with Crippen LogP contribution in [0.25, 0.3) is 11.3 Å². The molecule has 10 heteroatoms. The van der Waals surface area contributed by atoms with Crippen LogP contribution in [-0.4, -0.2) is 62.9 Å². The second-order valence-corrected chi connectivity index (χ2v) is 7.82. The summed E-state index contributed by atoms with van der Waals surface area (Å²) in [6.45, 7) is 7.64. The largest absolute Gasteiger partial charge is 0.478 e. The van der Waals surface area contributed by atoms with Crippen molar-refractivity contribution in [1.82, 2.24) is 29.1 Å². The lowest BCUT2D eigenvalue weighted by molar-refractivity contribution is 0.102. The van der Waals surface area contributed by atoms with Gasteiger partial charge in [-0.2, -0.15) is 4.98 Å². The molecule has 0 bridgehead atoms. The minimum Gasteiger partial charge on any atom is -0.478 e. The van der Waals surface area contributed by atoms with E-state index in [1.165, 1.54) is 7.11 Å². The van der Waals surface area contributed by atoms with Gasteiger partial charge in [0.2, 0.25) is 5.65 Å². The number of pyridine rings is 1. The third kappa shape index (κ3) is 3.52. The minimum absolute atomic E-state index is 0.277. The number of methoxy groups -OCH3 is 1. The summed E-state index contributed by atoms with van der Waals surface area (Å²) in [6, 6.07) is 3.83. The highest BCUT2D eigenvalue weighted by Crippen LogP contribution is 2.24. The van der Waals surface area contributed by atoms with Crippen LogP contribution in [0.5, 0.6) is 5.88 Å². The van der Waals surface area contributed by atoms with E-state index in [1.54, 1.807) is 10.6 Å². The molecule has 0 unspecified atom stereocenters. The van der Waals surface area contributed by atoms with E-state index in [-0.39, 0.29) is 5.91 Å². The van der Waals surface area contributed by atoms with Crippen molar-refractivity contribution < 1.29 is 9.53 Å². The third-order valence-electron chi connectivity index (χ3n) is 5.65. The summed E-state index contributed by atoms with van der Waals surface area (Å²) in [5, 5.41) is 6.27. The number of hydrogen-bond acceptors (Lipinski definition) is 7. The van der Waals surface area contributed by atoms with Crippen molar-refractivity contribution in [2.24, 2.45) is 0 Å². The maximum Gasteiger partial charge on any atom is 0.260 e. The fourth-order valence-electron chi connectivity index (χ4n) is 4.08. The first kappa shape index (κ1) is 20.3. The molecule has 1 fully saturated rings. The molecule has 0 saturated carbocycles. The summed E-state index contributed by atoms with van der Waals surface area (Å²) in [6.07, 6.45) is 6.40. The fourth-order valence-corrected chi connectivity index (χ4v) is 4.08. The second-order valence-electron chi connectivity index (χ2n) is 7.82. The van der Waals surface area contributed by atoms with Gasteiger partial charge in [-0.25, -0.2) is 9.97 Å². The van der Waals surface area contributed by atoms with Crippen LogP contribution in [0.2, 0.25) is 0 Å². The molecule has 0 spiro atoms. The Balaban J connectivity index is 1.52. The van der Waals surface area contributed by atoms with Gasteiger partial charge in [0.1, 0.15) is 5.82 Å². The first-order valence-corrected chi connectivity index (χ1v) is 10.8. The highest BCUT2D eigenvalue weighted by Gasteiger charge is 2.20. The lowest BCUT2D eigenvalue weighted by Crippen LogP contribution is -2.44. The number of rotatable bonds is 5. The van der Waals surface area contributed by atoms with Crippen molar-refractivity contribution in [1.29, 1.82) is 0 Å². The normalized spacial score (nSPS) is 14.3. The number of anilines is 2. The molecular formula is C22H26N8O2. The van der Waals surface area contributed by atoms with Crippen LogP contribution < -0.4 is 20.3 Å². The van der Waals surface area contributed by atoms with Crippen LogP contribution in [0.3, 0.4) is 0 Å². The molecule has 5 heterocycles. The van der Waals surface area contributed by atoms with Crippen LogP contribution in [0.1, 0.15) is 28.7 Å². The van der Waals surface area contributed by atoms with Crippen LogP contribution in [0, 0.1) is 6.92 Å². The molecule has 1 amide bonds. The quantitative estimate of drug-likeness (QED) is 0.495. The summed E-state index contributed by atoms with van der Waals surface area (Å²) >= 11 is 0. The molecule has 0 aromatic carbocycles. The van der Waals surface area contributed by atoms with Crippen molar-refractivity contribution >= 4 is 28.8 Å². The summed E-state index contributed by atoms with van der Waals surface area (Å²) < 4.78 is 9.19. The number of carbonyl (C=O) groups excluding carboxylic acids is 1.